The molecule has 0 aromatic carbocycles. The highest BCUT2D eigenvalue weighted by molar-refractivity contribution is 5.87. The third-order valence-corrected chi connectivity index (χ3v) is 5.83. The summed E-state index contributed by atoms with van der Waals surface area (Å²) >= 11 is 0. The lowest BCUT2D eigenvalue weighted by Gasteiger charge is -2.35. The number of aliphatic hydroxyl groups is 1. The Morgan fingerprint density at radius 2 is 1.58 bits per heavy atom. The Hall–Kier alpha value is -1.57. The smallest absolute Gasteiger partial charge is 0.303 e. The van der Waals surface area contributed by atoms with Crippen LogP contribution < -0.4 is 0 Å². The van der Waals surface area contributed by atoms with Crippen LogP contribution >= 0.6 is 0 Å². The Balaban J connectivity index is 4.74. The summed E-state index contributed by atoms with van der Waals surface area (Å²) in [5.74, 6) is -1.35. The minimum Gasteiger partial charge on any atom is -0.454 e. The Morgan fingerprint density at radius 3 is 2.03 bits per heavy atom. The van der Waals surface area contributed by atoms with Gasteiger partial charge in [-0.25, -0.2) is 0 Å². The molecule has 7 heteroatoms. The van der Waals surface area contributed by atoms with Gasteiger partial charge < -0.3 is 19.3 Å². The molecule has 4 unspecified atom stereocenters. The number of allylic oxidation sites excluding steroid dienone is 1. The number of hydrogen-bond acceptors (Lipinski definition) is 7. The quantitative estimate of drug-likeness (QED) is 0.233. The predicted octanol–water partition coefficient (Wildman–Crippen LogP) is 3.86. The second kappa shape index (κ2) is 13.8. The standard InChI is InChI=1S/C24H42O7/c1-15(13-14-20(18(4)25)31-19(5)26)11-10-12-16(2)21(27)17(3)22(28)24(6,7)23(29-8)30-9/h13,16-17,20-21,23,27H,10-12,14H2,1-9H3. The summed E-state index contributed by atoms with van der Waals surface area (Å²) < 4.78 is 15.6. The highest BCUT2D eigenvalue weighted by Gasteiger charge is 2.42. The van der Waals surface area contributed by atoms with Gasteiger partial charge >= 0.3 is 5.97 Å². The number of methoxy groups -OCH3 is 2. The SMILES string of the molecule is COC(OC)C(C)(C)C(=O)C(C)C(O)C(C)CCCC(C)=CCC(OC(C)=O)C(C)=O. The first-order valence-corrected chi connectivity index (χ1v) is 10.9. The van der Waals surface area contributed by atoms with E-state index in [0.717, 1.165) is 24.8 Å². The van der Waals surface area contributed by atoms with Gasteiger partial charge in [0.2, 0.25) is 0 Å². The molecule has 0 fully saturated rings. The van der Waals surface area contributed by atoms with E-state index in [0.29, 0.717) is 6.42 Å². The summed E-state index contributed by atoms with van der Waals surface area (Å²) in [7, 11) is 2.99. The van der Waals surface area contributed by atoms with Gasteiger partial charge in [-0.2, -0.15) is 0 Å². The van der Waals surface area contributed by atoms with Crippen LogP contribution in [0.15, 0.2) is 11.6 Å². The summed E-state index contributed by atoms with van der Waals surface area (Å²) in [6, 6.07) is 0. The number of ketones is 2. The molecule has 0 spiro atoms. The second-order valence-electron chi connectivity index (χ2n) is 9.03. The van der Waals surface area contributed by atoms with Crippen molar-refractivity contribution in [2.24, 2.45) is 17.3 Å². The fourth-order valence-electron chi connectivity index (χ4n) is 3.82. The number of hydrogen-bond donors (Lipinski definition) is 1. The molecule has 180 valence electrons. The predicted molar refractivity (Wildman–Crippen MR) is 119 cm³/mol. The zero-order valence-electron chi connectivity index (χ0n) is 20.7. The van der Waals surface area contributed by atoms with Crippen molar-refractivity contribution in [1.29, 1.82) is 0 Å². The highest BCUT2D eigenvalue weighted by atomic mass is 16.7. The van der Waals surface area contributed by atoms with E-state index in [-0.39, 0.29) is 17.5 Å². The monoisotopic (exact) mass is 442 g/mol. The first-order chi connectivity index (χ1) is 14.3. The van der Waals surface area contributed by atoms with Crippen LogP contribution in [0, 0.1) is 17.3 Å². The number of carbonyl (C=O) groups is 3. The Labute approximate surface area is 187 Å². The molecule has 0 amide bonds. The summed E-state index contributed by atoms with van der Waals surface area (Å²) in [5.41, 5.74) is 0.214. The van der Waals surface area contributed by atoms with Crippen LogP contribution in [0.5, 0.6) is 0 Å². The van der Waals surface area contributed by atoms with E-state index in [4.69, 9.17) is 14.2 Å². The maximum Gasteiger partial charge on any atom is 0.303 e. The largest absolute Gasteiger partial charge is 0.454 e. The van der Waals surface area contributed by atoms with Gasteiger partial charge in [-0.05, 0) is 52.9 Å². The summed E-state index contributed by atoms with van der Waals surface area (Å²) in [4.78, 5) is 35.6. The summed E-state index contributed by atoms with van der Waals surface area (Å²) in [5, 5.41) is 10.7. The minimum absolute atomic E-state index is 0.0582. The maximum atomic E-state index is 12.9. The van der Waals surface area contributed by atoms with Gasteiger partial charge in [0.15, 0.2) is 18.2 Å². The van der Waals surface area contributed by atoms with Crippen molar-refractivity contribution in [3.05, 3.63) is 11.6 Å². The van der Waals surface area contributed by atoms with Crippen molar-refractivity contribution in [3.8, 4) is 0 Å². The van der Waals surface area contributed by atoms with Crippen molar-refractivity contribution in [3.63, 3.8) is 0 Å². The van der Waals surface area contributed by atoms with E-state index in [1.54, 1.807) is 20.8 Å². The Kier molecular flexibility index (Phi) is 13.1. The van der Waals surface area contributed by atoms with Gasteiger partial charge in [0.25, 0.3) is 0 Å². The van der Waals surface area contributed by atoms with Gasteiger partial charge in [0.05, 0.1) is 11.5 Å². The maximum absolute atomic E-state index is 12.9. The van der Waals surface area contributed by atoms with Crippen LogP contribution in [0.2, 0.25) is 0 Å². The number of ether oxygens (including phenoxy) is 3. The van der Waals surface area contributed by atoms with E-state index >= 15 is 0 Å². The van der Waals surface area contributed by atoms with Gasteiger partial charge in [-0.15, -0.1) is 0 Å². The molecular weight excluding hydrogens is 400 g/mol. The Morgan fingerprint density at radius 1 is 1.03 bits per heavy atom. The minimum atomic E-state index is -0.877. The number of aliphatic hydroxyl groups excluding tert-OH is 1. The number of rotatable bonds is 15. The zero-order chi connectivity index (χ0) is 24.4. The van der Waals surface area contributed by atoms with Crippen LogP contribution in [0.4, 0.5) is 0 Å². The molecule has 0 aromatic rings. The average Bonchev–Trinajstić information content (AvgIpc) is 2.69. The normalized spacial score (nSPS) is 16.5. The summed E-state index contributed by atoms with van der Waals surface area (Å²) in [6.45, 7) is 11.9. The first-order valence-electron chi connectivity index (χ1n) is 10.9. The molecular formula is C24H42O7. The first kappa shape index (κ1) is 29.4. The molecule has 0 radical (unpaired) electrons. The van der Waals surface area contributed by atoms with Crippen molar-refractivity contribution >= 4 is 17.5 Å². The average molecular weight is 443 g/mol. The lowest BCUT2D eigenvalue weighted by Crippen LogP contribution is -2.46. The molecule has 0 heterocycles. The summed E-state index contributed by atoms with van der Waals surface area (Å²) in [6.07, 6.45) is 2.47. The van der Waals surface area contributed by atoms with Gasteiger partial charge in [0.1, 0.15) is 5.78 Å². The van der Waals surface area contributed by atoms with Gasteiger partial charge in [-0.1, -0.05) is 25.5 Å². The molecule has 0 aliphatic rings. The van der Waals surface area contributed by atoms with E-state index in [9.17, 15) is 19.5 Å². The molecule has 31 heavy (non-hydrogen) atoms. The van der Waals surface area contributed by atoms with Crippen LogP contribution in [0.3, 0.4) is 0 Å². The van der Waals surface area contributed by atoms with Gasteiger partial charge in [0, 0.05) is 33.5 Å². The zero-order valence-corrected chi connectivity index (χ0v) is 20.7. The molecule has 0 saturated carbocycles. The van der Waals surface area contributed by atoms with Crippen LogP contribution in [-0.2, 0) is 28.6 Å². The molecule has 0 aliphatic heterocycles. The third kappa shape index (κ3) is 9.62. The topological polar surface area (TPSA) is 99.1 Å². The number of esters is 1. The lowest BCUT2D eigenvalue weighted by molar-refractivity contribution is -0.182. The van der Waals surface area contributed by atoms with E-state index in [1.807, 2.05) is 19.9 Å². The fraction of sp³-hybridized carbons (Fsp3) is 0.792. The molecule has 7 nitrogen and oxygen atoms in total. The highest BCUT2D eigenvalue weighted by Crippen LogP contribution is 2.31. The van der Waals surface area contributed by atoms with Crippen molar-refractivity contribution in [2.75, 3.05) is 14.2 Å². The van der Waals surface area contributed by atoms with Crippen molar-refractivity contribution in [1.82, 2.24) is 0 Å². The molecule has 0 aliphatic carbocycles. The number of carbonyl (C=O) groups excluding carboxylic acids is 3. The van der Waals surface area contributed by atoms with Crippen molar-refractivity contribution < 1.29 is 33.7 Å². The van der Waals surface area contributed by atoms with Crippen LogP contribution in [0.1, 0.15) is 74.1 Å². The lowest BCUT2D eigenvalue weighted by atomic mass is 9.76. The van der Waals surface area contributed by atoms with Gasteiger partial charge in [-0.3, -0.25) is 14.4 Å². The molecule has 0 rings (SSSR count). The molecule has 0 bridgehead atoms. The molecule has 4 atom stereocenters. The molecule has 1 N–H and O–H groups in total. The van der Waals surface area contributed by atoms with Crippen LogP contribution in [0.25, 0.3) is 0 Å². The van der Waals surface area contributed by atoms with E-state index in [2.05, 4.69) is 0 Å². The van der Waals surface area contributed by atoms with Crippen molar-refractivity contribution in [2.45, 2.75) is 92.6 Å². The third-order valence-electron chi connectivity index (χ3n) is 5.83. The fourth-order valence-corrected chi connectivity index (χ4v) is 3.82. The van der Waals surface area contributed by atoms with Crippen LogP contribution in [-0.4, -0.2) is 55.4 Å². The van der Waals surface area contributed by atoms with E-state index < -0.39 is 35.8 Å². The second-order valence-corrected chi connectivity index (χ2v) is 9.03. The molecule has 0 saturated heterocycles. The van der Waals surface area contributed by atoms with E-state index in [1.165, 1.54) is 28.1 Å². The molecule has 0 aromatic heterocycles. The number of Topliss-reactive ketones (excluding diaryl/α,β-unsaturated/α-hetero) is 2. The Bertz CT molecular complexity index is 619.